The maximum Gasteiger partial charge on any atom is 0.295 e. The SMILES string of the molecule is NC(=O)C1CCN(CCc2ccc(NC(=O)c3ccc(-n4cncn4)c([N+](=O)[O-])c3)cc2)CC1. The van der Waals surface area contributed by atoms with Crippen LogP contribution < -0.4 is 11.1 Å². The Kier molecular flexibility index (Phi) is 6.93. The van der Waals surface area contributed by atoms with Crippen LogP contribution in [0.4, 0.5) is 11.4 Å². The van der Waals surface area contributed by atoms with Gasteiger partial charge in [0, 0.05) is 29.8 Å². The number of nitro benzene ring substituents is 1. The van der Waals surface area contributed by atoms with Gasteiger partial charge in [-0.1, -0.05) is 12.1 Å². The first-order chi connectivity index (χ1) is 16.4. The molecule has 1 aromatic heterocycles. The number of primary amides is 1. The van der Waals surface area contributed by atoms with Crippen LogP contribution in [0.15, 0.2) is 55.1 Å². The monoisotopic (exact) mass is 463 g/mol. The first-order valence-corrected chi connectivity index (χ1v) is 11.0. The van der Waals surface area contributed by atoms with Gasteiger partial charge in [0.1, 0.15) is 18.3 Å². The zero-order valence-electron chi connectivity index (χ0n) is 18.5. The normalized spacial score (nSPS) is 14.6. The van der Waals surface area contributed by atoms with E-state index in [0.29, 0.717) is 5.69 Å². The number of carbonyl (C=O) groups excluding carboxylic acids is 2. The summed E-state index contributed by atoms with van der Waals surface area (Å²) in [4.78, 5) is 41.0. The van der Waals surface area contributed by atoms with E-state index < -0.39 is 10.8 Å². The van der Waals surface area contributed by atoms with Gasteiger partial charge in [-0.15, -0.1) is 0 Å². The molecule has 0 radical (unpaired) electrons. The van der Waals surface area contributed by atoms with Gasteiger partial charge in [-0.05, 0) is 62.2 Å². The minimum Gasteiger partial charge on any atom is -0.369 e. The number of likely N-dealkylation sites (tertiary alicyclic amines) is 1. The molecule has 3 N–H and O–H groups in total. The number of hydrogen-bond donors (Lipinski definition) is 2. The number of carbonyl (C=O) groups is 2. The fourth-order valence-corrected chi connectivity index (χ4v) is 4.02. The van der Waals surface area contributed by atoms with Gasteiger partial charge in [-0.25, -0.2) is 9.67 Å². The van der Waals surface area contributed by atoms with Gasteiger partial charge in [0.25, 0.3) is 11.6 Å². The number of piperidine rings is 1. The standard InChI is InChI=1S/C23H25N7O4/c24-22(31)17-8-11-28(12-9-17)10-7-16-1-4-19(5-2-16)27-23(32)18-3-6-20(21(13-18)30(33)34)29-15-25-14-26-29/h1-6,13-15,17H,7-12H2,(H2,24,31)(H,27,32). The number of nitrogens with zero attached hydrogens (tertiary/aromatic N) is 5. The second kappa shape index (κ2) is 10.2. The summed E-state index contributed by atoms with van der Waals surface area (Å²) in [6.07, 6.45) is 5.09. The van der Waals surface area contributed by atoms with E-state index in [4.69, 9.17) is 5.73 Å². The first-order valence-electron chi connectivity index (χ1n) is 11.0. The highest BCUT2D eigenvalue weighted by Gasteiger charge is 2.23. The van der Waals surface area contributed by atoms with Crippen molar-refractivity contribution >= 4 is 23.2 Å². The van der Waals surface area contributed by atoms with Crippen molar-refractivity contribution in [1.29, 1.82) is 0 Å². The minimum atomic E-state index is -0.557. The quantitative estimate of drug-likeness (QED) is 0.384. The lowest BCUT2D eigenvalue weighted by Crippen LogP contribution is -2.39. The maximum atomic E-state index is 12.7. The maximum absolute atomic E-state index is 12.7. The zero-order valence-corrected chi connectivity index (χ0v) is 18.5. The van der Waals surface area contributed by atoms with Crippen LogP contribution in [0.3, 0.4) is 0 Å². The number of benzene rings is 2. The van der Waals surface area contributed by atoms with Crippen LogP contribution in [0.2, 0.25) is 0 Å². The average Bonchev–Trinajstić information content (AvgIpc) is 3.38. The molecule has 176 valence electrons. The molecule has 11 nitrogen and oxygen atoms in total. The largest absolute Gasteiger partial charge is 0.369 e. The summed E-state index contributed by atoms with van der Waals surface area (Å²) in [6.45, 7) is 2.62. The van der Waals surface area contributed by atoms with Crippen LogP contribution in [0, 0.1) is 16.0 Å². The van der Waals surface area contributed by atoms with Gasteiger partial charge in [-0.2, -0.15) is 5.10 Å². The lowest BCUT2D eigenvalue weighted by atomic mass is 9.96. The van der Waals surface area contributed by atoms with Gasteiger partial charge in [0.15, 0.2) is 0 Å². The van der Waals surface area contributed by atoms with Crippen LogP contribution in [-0.4, -0.2) is 56.0 Å². The predicted molar refractivity (Wildman–Crippen MR) is 124 cm³/mol. The molecule has 34 heavy (non-hydrogen) atoms. The van der Waals surface area contributed by atoms with E-state index in [1.807, 2.05) is 24.3 Å². The lowest BCUT2D eigenvalue weighted by Gasteiger charge is -2.30. The number of nitrogens with one attached hydrogen (secondary N) is 1. The van der Waals surface area contributed by atoms with Crippen molar-refractivity contribution in [2.45, 2.75) is 19.3 Å². The molecule has 1 aliphatic rings. The van der Waals surface area contributed by atoms with E-state index in [2.05, 4.69) is 20.3 Å². The van der Waals surface area contributed by atoms with Crippen molar-refractivity contribution in [2.75, 3.05) is 25.0 Å². The Morgan fingerprint density at radius 3 is 2.50 bits per heavy atom. The van der Waals surface area contributed by atoms with E-state index in [9.17, 15) is 19.7 Å². The van der Waals surface area contributed by atoms with Crippen LogP contribution >= 0.6 is 0 Å². The van der Waals surface area contributed by atoms with Gasteiger partial charge >= 0.3 is 0 Å². The van der Waals surface area contributed by atoms with E-state index in [1.54, 1.807) is 0 Å². The molecule has 0 atom stereocenters. The van der Waals surface area contributed by atoms with Crippen molar-refractivity contribution in [1.82, 2.24) is 19.7 Å². The highest BCUT2D eigenvalue weighted by atomic mass is 16.6. The van der Waals surface area contributed by atoms with Crippen molar-refractivity contribution < 1.29 is 14.5 Å². The summed E-state index contributed by atoms with van der Waals surface area (Å²) in [5.41, 5.74) is 7.26. The number of nitrogens with two attached hydrogens (primary N) is 1. The molecule has 0 spiro atoms. The molecule has 0 bridgehead atoms. The second-order valence-corrected chi connectivity index (χ2v) is 8.22. The highest BCUT2D eigenvalue weighted by Crippen LogP contribution is 2.24. The molecule has 11 heteroatoms. The highest BCUT2D eigenvalue weighted by molar-refractivity contribution is 6.04. The number of hydrogen-bond acceptors (Lipinski definition) is 7. The molecule has 0 unspecified atom stereocenters. The molecular formula is C23H25N7O4. The molecule has 4 rings (SSSR count). The first kappa shape index (κ1) is 23.1. The third-order valence-electron chi connectivity index (χ3n) is 6.02. The van der Waals surface area contributed by atoms with Gasteiger partial charge in [0.2, 0.25) is 5.91 Å². The Morgan fingerprint density at radius 1 is 1.15 bits per heavy atom. The Bertz CT molecular complexity index is 1170. The van der Waals surface area contributed by atoms with Gasteiger partial charge in [-0.3, -0.25) is 19.7 Å². The summed E-state index contributed by atoms with van der Waals surface area (Å²) in [6, 6.07) is 11.7. The predicted octanol–water partition coefficient (Wildman–Crippen LogP) is 2.17. The summed E-state index contributed by atoms with van der Waals surface area (Å²) in [5.74, 6) is -0.671. The zero-order chi connectivity index (χ0) is 24.1. The molecule has 1 aliphatic heterocycles. The van der Waals surface area contributed by atoms with E-state index >= 15 is 0 Å². The molecule has 2 aromatic carbocycles. The molecule has 1 fully saturated rings. The summed E-state index contributed by atoms with van der Waals surface area (Å²) >= 11 is 0. The molecule has 0 saturated carbocycles. The van der Waals surface area contributed by atoms with Crippen molar-refractivity contribution in [2.24, 2.45) is 11.7 Å². The molecule has 3 aromatic rings. The van der Waals surface area contributed by atoms with Crippen LogP contribution in [0.5, 0.6) is 0 Å². The fourth-order valence-electron chi connectivity index (χ4n) is 4.02. The number of nitro groups is 1. The minimum absolute atomic E-state index is 0.0145. The topological polar surface area (TPSA) is 149 Å². The summed E-state index contributed by atoms with van der Waals surface area (Å²) in [5, 5.41) is 18.2. The Balaban J connectivity index is 1.34. The van der Waals surface area contributed by atoms with Crippen LogP contribution in [-0.2, 0) is 11.2 Å². The molecule has 2 amide bonds. The second-order valence-electron chi connectivity index (χ2n) is 8.22. The third-order valence-corrected chi connectivity index (χ3v) is 6.02. The van der Waals surface area contributed by atoms with E-state index in [1.165, 1.54) is 35.5 Å². The molecule has 1 saturated heterocycles. The number of amides is 2. The summed E-state index contributed by atoms with van der Waals surface area (Å²) < 4.78 is 1.28. The van der Waals surface area contributed by atoms with Crippen molar-refractivity contribution in [3.05, 3.63) is 76.4 Å². The smallest absolute Gasteiger partial charge is 0.295 e. The van der Waals surface area contributed by atoms with Crippen LogP contribution in [0.1, 0.15) is 28.8 Å². The third kappa shape index (κ3) is 5.44. The number of rotatable bonds is 8. The summed E-state index contributed by atoms with van der Waals surface area (Å²) in [7, 11) is 0. The van der Waals surface area contributed by atoms with Crippen LogP contribution in [0.25, 0.3) is 5.69 Å². The lowest BCUT2D eigenvalue weighted by molar-refractivity contribution is -0.384. The van der Waals surface area contributed by atoms with Gasteiger partial charge in [0.05, 0.1) is 4.92 Å². The Labute approximate surface area is 195 Å². The number of aromatic nitrogens is 3. The number of anilines is 1. The average molecular weight is 463 g/mol. The van der Waals surface area contributed by atoms with Gasteiger partial charge < -0.3 is 16.0 Å². The van der Waals surface area contributed by atoms with Crippen molar-refractivity contribution in [3.8, 4) is 5.69 Å². The Morgan fingerprint density at radius 2 is 1.88 bits per heavy atom. The fraction of sp³-hybridized carbons (Fsp3) is 0.304. The van der Waals surface area contributed by atoms with Crippen molar-refractivity contribution in [3.63, 3.8) is 0 Å². The molecule has 2 heterocycles. The Hall–Kier alpha value is -4.12. The van der Waals surface area contributed by atoms with E-state index in [0.717, 1.165) is 44.5 Å². The molecule has 0 aliphatic carbocycles. The van der Waals surface area contributed by atoms with E-state index in [-0.39, 0.29) is 28.8 Å². The molecular weight excluding hydrogens is 438 g/mol.